The minimum Gasteiger partial charge on any atom is -0.378 e. The Balaban J connectivity index is 2.67. The van der Waals surface area contributed by atoms with Crippen LogP contribution in [-0.2, 0) is 0 Å². The van der Waals surface area contributed by atoms with Crippen molar-refractivity contribution in [2.45, 2.75) is 0 Å². The van der Waals surface area contributed by atoms with Crippen molar-refractivity contribution in [3.8, 4) is 6.07 Å². The predicted molar refractivity (Wildman–Crippen MR) is 73.4 cm³/mol. The third kappa shape index (κ3) is 3.84. The van der Waals surface area contributed by atoms with Crippen molar-refractivity contribution < 1.29 is 9.72 Å². The Labute approximate surface area is 116 Å². The number of nitrogens with one attached hydrogen (secondary N) is 2. The highest BCUT2D eigenvalue weighted by molar-refractivity contribution is 5.73. The van der Waals surface area contributed by atoms with Gasteiger partial charge in [-0.05, 0) is 12.1 Å². The molecule has 1 aromatic rings. The molecule has 0 saturated heterocycles. The van der Waals surface area contributed by atoms with Crippen molar-refractivity contribution in [2.75, 3.05) is 32.5 Å². The van der Waals surface area contributed by atoms with Crippen LogP contribution in [0.1, 0.15) is 5.56 Å². The van der Waals surface area contributed by atoms with Gasteiger partial charge < -0.3 is 15.5 Å². The number of hydrogen-bond donors (Lipinski definition) is 2. The second kappa shape index (κ2) is 6.94. The number of carbonyl (C=O) groups excluding carboxylic acids is 1. The average molecular weight is 277 g/mol. The van der Waals surface area contributed by atoms with Gasteiger partial charge in [0.2, 0.25) is 0 Å². The van der Waals surface area contributed by atoms with E-state index in [1.165, 1.54) is 17.0 Å². The van der Waals surface area contributed by atoms with Gasteiger partial charge in [-0.3, -0.25) is 10.1 Å². The van der Waals surface area contributed by atoms with Gasteiger partial charge in [0, 0.05) is 27.2 Å². The zero-order valence-electron chi connectivity index (χ0n) is 11.2. The molecule has 0 aliphatic carbocycles. The van der Waals surface area contributed by atoms with Gasteiger partial charge in [-0.2, -0.15) is 5.26 Å². The summed E-state index contributed by atoms with van der Waals surface area (Å²) in [5, 5.41) is 25.3. The van der Waals surface area contributed by atoms with Gasteiger partial charge in [0.05, 0.1) is 4.92 Å². The lowest BCUT2D eigenvalue weighted by atomic mass is 10.1. The summed E-state index contributed by atoms with van der Waals surface area (Å²) < 4.78 is 0. The van der Waals surface area contributed by atoms with Gasteiger partial charge >= 0.3 is 11.7 Å². The summed E-state index contributed by atoms with van der Waals surface area (Å²) in [5.74, 6) is 0. The van der Waals surface area contributed by atoms with Crippen LogP contribution >= 0.6 is 0 Å². The molecule has 106 valence electrons. The van der Waals surface area contributed by atoms with Crippen LogP contribution in [0, 0.1) is 21.4 Å². The van der Waals surface area contributed by atoms with Gasteiger partial charge in [0.15, 0.2) is 0 Å². The van der Waals surface area contributed by atoms with Crippen LogP contribution in [0.2, 0.25) is 0 Å². The molecule has 0 heterocycles. The highest BCUT2D eigenvalue weighted by Crippen LogP contribution is 2.27. The SMILES string of the molecule is CN(C)C(=O)NCCNc1cccc(C#N)c1[N+](=O)[O-]. The smallest absolute Gasteiger partial charge is 0.316 e. The summed E-state index contributed by atoms with van der Waals surface area (Å²) >= 11 is 0. The van der Waals surface area contributed by atoms with Crippen LogP contribution in [0.25, 0.3) is 0 Å². The lowest BCUT2D eigenvalue weighted by Gasteiger charge is -2.12. The number of benzene rings is 1. The van der Waals surface area contributed by atoms with Crippen LogP contribution < -0.4 is 10.6 Å². The number of nitriles is 1. The Morgan fingerprint density at radius 3 is 2.70 bits per heavy atom. The van der Waals surface area contributed by atoms with Crippen molar-refractivity contribution in [2.24, 2.45) is 0 Å². The van der Waals surface area contributed by atoms with Gasteiger partial charge in [0.1, 0.15) is 17.3 Å². The zero-order valence-corrected chi connectivity index (χ0v) is 11.2. The summed E-state index contributed by atoms with van der Waals surface area (Å²) in [6, 6.07) is 6.01. The molecule has 0 spiro atoms. The standard InChI is InChI=1S/C12H15N5O3/c1-16(2)12(18)15-7-6-14-10-5-3-4-9(8-13)11(10)17(19)20/h3-5,14H,6-7H2,1-2H3,(H,15,18). The van der Waals surface area contributed by atoms with Crippen molar-refractivity contribution >= 4 is 17.4 Å². The topological polar surface area (TPSA) is 111 Å². The van der Waals surface area contributed by atoms with Crippen LogP contribution in [0.4, 0.5) is 16.2 Å². The minimum atomic E-state index is -0.598. The molecule has 0 atom stereocenters. The molecule has 2 N–H and O–H groups in total. The van der Waals surface area contributed by atoms with E-state index >= 15 is 0 Å². The van der Waals surface area contributed by atoms with Crippen LogP contribution in [0.15, 0.2) is 18.2 Å². The number of nitrogens with zero attached hydrogens (tertiary/aromatic N) is 3. The van der Waals surface area contributed by atoms with E-state index in [2.05, 4.69) is 10.6 Å². The van der Waals surface area contributed by atoms with Crippen LogP contribution in [0.5, 0.6) is 0 Å². The number of urea groups is 1. The van der Waals surface area contributed by atoms with E-state index in [4.69, 9.17) is 5.26 Å². The summed E-state index contributed by atoms with van der Waals surface area (Å²) in [7, 11) is 3.23. The monoisotopic (exact) mass is 277 g/mol. The number of carbonyl (C=O) groups is 1. The number of nitro benzene ring substituents is 1. The molecule has 2 amide bonds. The van der Waals surface area contributed by atoms with Crippen molar-refractivity contribution in [3.05, 3.63) is 33.9 Å². The molecular formula is C12H15N5O3. The molecule has 0 unspecified atom stereocenters. The molecule has 1 aromatic carbocycles. The fourth-order valence-corrected chi connectivity index (χ4v) is 1.50. The Bertz CT molecular complexity index is 551. The third-order valence-corrected chi connectivity index (χ3v) is 2.46. The molecule has 0 aliphatic rings. The zero-order chi connectivity index (χ0) is 15.1. The fourth-order valence-electron chi connectivity index (χ4n) is 1.50. The maximum Gasteiger partial charge on any atom is 0.316 e. The van der Waals surface area contributed by atoms with Gasteiger partial charge in [-0.1, -0.05) is 6.07 Å². The third-order valence-electron chi connectivity index (χ3n) is 2.46. The highest BCUT2D eigenvalue weighted by atomic mass is 16.6. The van der Waals surface area contributed by atoms with E-state index in [-0.39, 0.29) is 23.0 Å². The van der Waals surface area contributed by atoms with Gasteiger partial charge in [-0.25, -0.2) is 4.79 Å². The lowest BCUT2D eigenvalue weighted by molar-refractivity contribution is -0.384. The first-order chi connectivity index (χ1) is 9.47. The summed E-state index contributed by atoms with van der Waals surface area (Å²) in [6.07, 6.45) is 0. The molecule has 1 rings (SSSR count). The Kier molecular flexibility index (Phi) is 5.29. The molecule has 0 radical (unpaired) electrons. The molecule has 8 nitrogen and oxygen atoms in total. The Morgan fingerprint density at radius 1 is 1.45 bits per heavy atom. The summed E-state index contributed by atoms with van der Waals surface area (Å²) in [6.45, 7) is 0.625. The second-order valence-corrected chi connectivity index (χ2v) is 4.12. The number of amides is 2. The van der Waals surface area contributed by atoms with Crippen molar-refractivity contribution in [3.63, 3.8) is 0 Å². The molecule has 0 bridgehead atoms. The van der Waals surface area contributed by atoms with E-state index in [0.29, 0.717) is 13.1 Å². The van der Waals surface area contributed by atoms with E-state index in [1.807, 2.05) is 0 Å². The van der Waals surface area contributed by atoms with Crippen LogP contribution in [-0.4, -0.2) is 43.0 Å². The summed E-state index contributed by atoms with van der Waals surface area (Å²) in [5.41, 5.74) is -0.000541. The molecule has 20 heavy (non-hydrogen) atoms. The molecule has 0 saturated carbocycles. The molecule has 0 aromatic heterocycles. The molecule has 0 aliphatic heterocycles. The van der Waals surface area contributed by atoms with Crippen LogP contribution in [0.3, 0.4) is 0 Å². The summed E-state index contributed by atoms with van der Waals surface area (Å²) in [4.78, 5) is 23.0. The lowest BCUT2D eigenvalue weighted by Crippen LogP contribution is -2.37. The number of nitro groups is 1. The predicted octanol–water partition coefficient (Wildman–Crippen LogP) is 1.15. The number of para-hydroxylation sites is 1. The first-order valence-corrected chi connectivity index (χ1v) is 5.84. The van der Waals surface area contributed by atoms with Crippen molar-refractivity contribution in [1.29, 1.82) is 5.26 Å². The number of hydrogen-bond acceptors (Lipinski definition) is 5. The van der Waals surface area contributed by atoms with Gasteiger partial charge in [-0.15, -0.1) is 0 Å². The largest absolute Gasteiger partial charge is 0.378 e. The van der Waals surface area contributed by atoms with Gasteiger partial charge in [0.25, 0.3) is 0 Å². The first-order valence-electron chi connectivity index (χ1n) is 5.84. The molecule has 8 heteroatoms. The maximum absolute atomic E-state index is 11.3. The second-order valence-electron chi connectivity index (χ2n) is 4.12. The number of rotatable bonds is 5. The van der Waals surface area contributed by atoms with E-state index in [1.54, 1.807) is 26.2 Å². The Hall–Kier alpha value is -2.82. The van der Waals surface area contributed by atoms with E-state index in [0.717, 1.165) is 0 Å². The molecule has 0 fully saturated rings. The van der Waals surface area contributed by atoms with E-state index < -0.39 is 4.92 Å². The minimum absolute atomic E-state index is 0.00247. The molecular weight excluding hydrogens is 262 g/mol. The fraction of sp³-hybridized carbons (Fsp3) is 0.333. The maximum atomic E-state index is 11.3. The Morgan fingerprint density at radius 2 is 2.15 bits per heavy atom. The highest BCUT2D eigenvalue weighted by Gasteiger charge is 2.18. The quantitative estimate of drug-likeness (QED) is 0.476. The number of anilines is 1. The van der Waals surface area contributed by atoms with Crippen molar-refractivity contribution in [1.82, 2.24) is 10.2 Å². The average Bonchev–Trinajstić information content (AvgIpc) is 2.42. The first kappa shape index (κ1) is 15.2. The normalized spacial score (nSPS) is 9.45. The van der Waals surface area contributed by atoms with E-state index in [9.17, 15) is 14.9 Å².